The van der Waals surface area contributed by atoms with Gasteiger partial charge in [0.2, 0.25) is 0 Å². The van der Waals surface area contributed by atoms with Crippen LogP contribution in [0, 0.1) is 11.8 Å². The molecule has 2 atom stereocenters. The first-order valence-electron chi connectivity index (χ1n) is 8.76. The lowest BCUT2D eigenvalue weighted by Gasteiger charge is -2.22. The van der Waals surface area contributed by atoms with Crippen molar-refractivity contribution in [2.45, 2.75) is 32.2 Å². The standard InChI is InChI=1S/C18H29N5.HI/c1-19-18(23-12-14-7-4-5-8-15(14)13-23)20-11-16-9-6-10-17(21-16)22(2)3;/h6,9-10,14-15H,4-5,7-8,11-13H2,1-3H3,(H,19,20);1H. The maximum atomic E-state index is 4.67. The summed E-state index contributed by atoms with van der Waals surface area (Å²) in [5.41, 5.74) is 1.05. The van der Waals surface area contributed by atoms with Gasteiger partial charge in [-0.3, -0.25) is 4.99 Å². The largest absolute Gasteiger partial charge is 0.363 e. The van der Waals surface area contributed by atoms with Crippen LogP contribution in [0.4, 0.5) is 5.82 Å². The SMILES string of the molecule is CN=C(NCc1cccc(N(C)C)n1)N1CC2CCCCC2C1.I. The van der Waals surface area contributed by atoms with Gasteiger partial charge in [-0.25, -0.2) is 4.98 Å². The molecule has 0 spiro atoms. The van der Waals surface area contributed by atoms with Gasteiger partial charge in [0.15, 0.2) is 5.96 Å². The number of guanidine groups is 1. The van der Waals surface area contributed by atoms with Gasteiger partial charge in [0.1, 0.15) is 5.82 Å². The van der Waals surface area contributed by atoms with Crippen molar-refractivity contribution in [2.24, 2.45) is 16.8 Å². The molecule has 2 aliphatic rings. The molecule has 3 rings (SSSR count). The number of fused-ring (bicyclic) bond motifs is 1. The van der Waals surface area contributed by atoms with E-state index in [1.165, 1.54) is 25.7 Å². The molecule has 0 aromatic carbocycles. The number of aliphatic imine (C=N–C) groups is 1. The fourth-order valence-electron chi connectivity index (χ4n) is 3.90. The van der Waals surface area contributed by atoms with Gasteiger partial charge in [-0.1, -0.05) is 18.9 Å². The molecule has 1 saturated heterocycles. The van der Waals surface area contributed by atoms with E-state index in [0.29, 0.717) is 0 Å². The van der Waals surface area contributed by atoms with Gasteiger partial charge in [0.25, 0.3) is 0 Å². The smallest absolute Gasteiger partial charge is 0.193 e. The van der Waals surface area contributed by atoms with Crippen molar-refractivity contribution in [2.75, 3.05) is 39.1 Å². The molecule has 2 unspecified atom stereocenters. The van der Waals surface area contributed by atoms with Crippen molar-refractivity contribution in [3.05, 3.63) is 23.9 Å². The Morgan fingerprint density at radius 3 is 2.50 bits per heavy atom. The van der Waals surface area contributed by atoms with Gasteiger partial charge in [-0.15, -0.1) is 24.0 Å². The van der Waals surface area contributed by atoms with Crippen molar-refractivity contribution in [3.63, 3.8) is 0 Å². The van der Waals surface area contributed by atoms with Crippen LogP contribution in [0.25, 0.3) is 0 Å². The van der Waals surface area contributed by atoms with Gasteiger partial charge in [-0.2, -0.15) is 0 Å². The van der Waals surface area contributed by atoms with Gasteiger partial charge < -0.3 is 15.1 Å². The number of likely N-dealkylation sites (tertiary alicyclic amines) is 1. The molecule has 24 heavy (non-hydrogen) atoms. The number of halogens is 1. The predicted molar refractivity (Wildman–Crippen MR) is 111 cm³/mol. The summed E-state index contributed by atoms with van der Waals surface area (Å²) >= 11 is 0. The van der Waals surface area contributed by atoms with E-state index in [4.69, 9.17) is 0 Å². The average molecular weight is 443 g/mol. The van der Waals surface area contributed by atoms with E-state index in [9.17, 15) is 0 Å². The third kappa shape index (κ3) is 4.52. The first-order valence-corrected chi connectivity index (χ1v) is 8.76. The van der Waals surface area contributed by atoms with Crippen LogP contribution in [0.15, 0.2) is 23.2 Å². The summed E-state index contributed by atoms with van der Waals surface area (Å²) < 4.78 is 0. The Kier molecular flexibility index (Phi) is 7.13. The summed E-state index contributed by atoms with van der Waals surface area (Å²) in [6.45, 7) is 3.05. The van der Waals surface area contributed by atoms with Crippen molar-refractivity contribution in [1.29, 1.82) is 0 Å². The molecule has 1 aliphatic carbocycles. The lowest BCUT2D eigenvalue weighted by Crippen LogP contribution is -2.40. The quantitative estimate of drug-likeness (QED) is 0.443. The first-order chi connectivity index (χ1) is 11.2. The number of anilines is 1. The maximum absolute atomic E-state index is 4.67. The zero-order valence-corrected chi connectivity index (χ0v) is 17.4. The summed E-state index contributed by atoms with van der Waals surface area (Å²) in [6, 6.07) is 6.16. The summed E-state index contributed by atoms with van der Waals surface area (Å²) in [4.78, 5) is 13.6. The number of aromatic nitrogens is 1. The highest BCUT2D eigenvalue weighted by molar-refractivity contribution is 14.0. The van der Waals surface area contributed by atoms with E-state index in [0.717, 1.165) is 48.9 Å². The van der Waals surface area contributed by atoms with Crippen molar-refractivity contribution in [1.82, 2.24) is 15.2 Å². The van der Waals surface area contributed by atoms with E-state index in [-0.39, 0.29) is 24.0 Å². The summed E-state index contributed by atoms with van der Waals surface area (Å²) in [5.74, 6) is 3.76. The fraction of sp³-hybridized carbons (Fsp3) is 0.667. The minimum Gasteiger partial charge on any atom is -0.363 e. The van der Waals surface area contributed by atoms with Gasteiger partial charge in [0, 0.05) is 34.2 Å². The molecular weight excluding hydrogens is 413 g/mol. The molecule has 0 radical (unpaired) electrons. The van der Waals surface area contributed by atoms with Crippen molar-refractivity contribution < 1.29 is 0 Å². The summed E-state index contributed by atoms with van der Waals surface area (Å²) in [5, 5.41) is 3.50. The molecule has 2 heterocycles. The lowest BCUT2D eigenvalue weighted by atomic mass is 9.82. The molecule has 5 nitrogen and oxygen atoms in total. The van der Waals surface area contributed by atoms with Gasteiger partial charge in [-0.05, 0) is 36.8 Å². The number of hydrogen-bond donors (Lipinski definition) is 1. The Morgan fingerprint density at radius 2 is 1.92 bits per heavy atom. The molecule has 1 aromatic rings. The molecule has 0 amide bonds. The van der Waals surface area contributed by atoms with Crippen LogP contribution in [-0.4, -0.2) is 50.1 Å². The number of nitrogens with zero attached hydrogens (tertiary/aromatic N) is 4. The molecule has 2 fully saturated rings. The maximum Gasteiger partial charge on any atom is 0.193 e. The molecule has 1 aromatic heterocycles. The van der Waals surface area contributed by atoms with Crippen LogP contribution in [0.2, 0.25) is 0 Å². The lowest BCUT2D eigenvalue weighted by molar-refractivity contribution is 0.299. The Bertz CT molecular complexity index is 546. The highest BCUT2D eigenvalue weighted by Crippen LogP contribution is 2.35. The van der Waals surface area contributed by atoms with E-state index < -0.39 is 0 Å². The molecule has 1 aliphatic heterocycles. The van der Waals surface area contributed by atoms with Gasteiger partial charge >= 0.3 is 0 Å². The topological polar surface area (TPSA) is 43.8 Å². The molecule has 0 bridgehead atoms. The number of pyridine rings is 1. The number of rotatable bonds is 3. The highest BCUT2D eigenvalue weighted by atomic mass is 127. The van der Waals surface area contributed by atoms with Crippen LogP contribution < -0.4 is 10.2 Å². The predicted octanol–water partition coefficient (Wildman–Crippen LogP) is 2.96. The second-order valence-corrected chi connectivity index (χ2v) is 6.99. The Labute approximate surface area is 162 Å². The zero-order valence-electron chi connectivity index (χ0n) is 15.0. The van der Waals surface area contributed by atoms with Crippen LogP contribution >= 0.6 is 24.0 Å². The van der Waals surface area contributed by atoms with Crippen molar-refractivity contribution in [3.8, 4) is 0 Å². The van der Waals surface area contributed by atoms with Crippen LogP contribution in [0.5, 0.6) is 0 Å². The molecule has 1 N–H and O–H groups in total. The molecule has 134 valence electrons. The third-order valence-corrected chi connectivity index (χ3v) is 5.17. The van der Waals surface area contributed by atoms with E-state index in [1.54, 1.807) is 0 Å². The Hall–Kier alpha value is -1.05. The van der Waals surface area contributed by atoms with Crippen LogP contribution in [-0.2, 0) is 6.54 Å². The number of hydrogen-bond acceptors (Lipinski definition) is 3. The Balaban J connectivity index is 0.00000208. The molecular formula is C18H30IN5. The van der Waals surface area contributed by atoms with Crippen LogP contribution in [0.1, 0.15) is 31.4 Å². The normalized spacial score (nSPS) is 23.5. The first kappa shape index (κ1) is 19.3. The van der Waals surface area contributed by atoms with E-state index >= 15 is 0 Å². The highest BCUT2D eigenvalue weighted by Gasteiger charge is 2.35. The summed E-state index contributed by atoms with van der Waals surface area (Å²) in [6.07, 6.45) is 5.60. The van der Waals surface area contributed by atoms with Gasteiger partial charge in [0.05, 0.1) is 12.2 Å². The monoisotopic (exact) mass is 443 g/mol. The fourth-order valence-corrected chi connectivity index (χ4v) is 3.90. The molecule has 1 saturated carbocycles. The van der Waals surface area contributed by atoms with Crippen molar-refractivity contribution >= 4 is 35.8 Å². The van der Waals surface area contributed by atoms with Crippen LogP contribution in [0.3, 0.4) is 0 Å². The minimum absolute atomic E-state index is 0. The average Bonchev–Trinajstić information content (AvgIpc) is 2.99. The van der Waals surface area contributed by atoms with E-state index in [2.05, 4.69) is 32.3 Å². The Morgan fingerprint density at radius 1 is 1.25 bits per heavy atom. The summed E-state index contributed by atoms with van der Waals surface area (Å²) in [7, 11) is 5.92. The second-order valence-electron chi connectivity index (χ2n) is 6.99. The zero-order chi connectivity index (χ0) is 16.2. The second kappa shape index (κ2) is 8.87. The number of nitrogens with one attached hydrogen (secondary N) is 1. The minimum atomic E-state index is 0. The van der Waals surface area contributed by atoms with E-state index in [1.807, 2.05) is 32.1 Å². The third-order valence-electron chi connectivity index (χ3n) is 5.17. The molecule has 6 heteroatoms.